The van der Waals surface area contributed by atoms with Crippen LogP contribution in [-0.4, -0.2) is 36.6 Å². The number of benzene rings is 4. The Morgan fingerprint density at radius 2 is 1.07 bits per heavy atom. The van der Waals surface area contributed by atoms with E-state index in [0.717, 1.165) is 43.5 Å². The summed E-state index contributed by atoms with van der Waals surface area (Å²) in [5.74, 6) is 1.42. The van der Waals surface area contributed by atoms with Gasteiger partial charge in [0, 0.05) is 10.8 Å². The fourth-order valence-corrected chi connectivity index (χ4v) is 3.87. The lowest BCUT2D eigenvalue weighted by molar-refractivity contribution is 0.201. The Morgan fingerprint density at radius 3 is 1.52 bits per heavy atom. The number of ether oxygens (including phenoxy) is 2. The summed E-state index contributed by atoms with van der Waals surface area (Å²) in [6, 6.07) is 19.9. The SMILES string of the molecule is OCCOc1ccc2ccc3oc4ccc5ccc(OCCO)cc5c4c3c2c1. The van der Waals surface area contributed by atoms with Gasteiger partial charge in [0.1, 0.15) is 35.9 Å². The molecule has 0 spiro atoms. The number of furan rings is 1. The van der Waals surface area contributed by atoms with E-state index >= 15 is 0 Å². The summed E-state index contributed by atoms with van der Waals surface area (Å²) < 4.78 is 17.4. The van der Waals surface area contributed by atoms with E-state index < -0.39 is 0 Å². The highest BCUT2D eigenvalue weighted by molar-refractivity contribution is 6.26. The third-order valence-electron chi connectivity index (χ3n) is 5.10. The molecule has 5 nitrogen and oxygen atoms in total. The smallest absolute Gasteiger partial charge is 0.136 e. The van der Waals surface area contributed by atoms with Gasteiger partial charge in [-0.15, -0.1) is 0 Å². The summed E-state index contributed by atoms with van der Waals surface area (Å²) in [5.41, 5.74) is 1.61. The highest BCUT2D eigenvalue weighted by atomic mass is 16.5. The van der Waals surface area contributed by atoms with Crippen LogP contribution in [0.3, 0.4) is 0 Å². The Labute approximate surface area is 166 Å². The Bertz CT molecular complexity index is 1230. The minimum absolute atomic E-state index is 0.0296. The molecule has 0 aliphatic rings. The molecule has 0 unspecified atom stereocenters. The molecule has 1 heterocycles. The monoisotopic (exact) mass is 388 g/mol. The molecule has 0 saturated heterocycles. The zero-order valence-electron chi connectivity index (χ0n) is 15.7. The van der Waals surface area contributed by atoms with Crippen LogP contribution in [0.25, 0.3) is 43.5 Å². The minimum atomic E-state index is -0.0296. The van der Waals surface area contributed by atoms with Gasteiger partial charge in [-0.25, -0.2) is 0 Å². The minimum Gasteiger partial charge on any atom is -0.491 e. The Morgan fingerprint density at radius 1 is 0.621 bits per heavy atom. The molecule has 0 aliphatic heterocycles. The molecule has 0 aliphatic carbocycles. The van der Waals surface area contributed by atoms with Gasteiger partial charge in [0.2, 0.25) is 0 Å². The van der Waals surface area contributed by atoms with Gasteiger partial charge in [-0.05, 0) is 57.9 Å². The van der Waals surface area contributed by atoms with Gasteiger partial charge in [0.25, 0.3) is 0 Å². The van der Waals surface area contributed by atoms with Crippen molar-refractivity contribution >= 4 is 43.5 Å². The maximum Gasteiger partial charge on any atom is 0.136 e. The molecule has 0 fully saturated rings. The summed E-state index contributed by atoms with van der Waals surface area (Å²) in [5, 5.41) is 24.4. The van der Waals surface area contributed by atoms with Gasteiger partial charge in [0.15, 0.2) is 0 Å². The van der Waals surface area contributed by atoms with E-state index in [1.54, 1.807) is 0 Å². The largest absolute Gasteiger partial charge is 0.491 e. The molecular formula is C24H20O5. The fourth-order valence-electron chi connectivity index (χ4n) is 3.87. The number of hydrogen-bond donors (Lipinski definition) is 2. The van der Waals surface area contributed by atoms with Gasteiger partial charge < -0.3 is 24.1 Å². The molecule has 2 N–H and O–H groups in total. The van der Waals surface area contributed by atoms with E-state index in [1.807, 2.05) is 60.7 Å². The van der Waals surface area contributed by atoms with Crippen LogP contribution in [0.5, 0.6) is 11.5 Å². The molecule has 0 radical (unpaired) electrons. The van der Waals surface area contributed by atoms with Crippen molar-refractivity contribution in [1.29, 1.82) is 0 Å². The standard InChI is InChI=1S/C24H20O5/c25-9-11-27-17-5-1-15-3-7-21-23(19(15)13-17)24-20-14-18(28-12-10-26)6-2-16(20)4-8-22(24)29-21/h1-8,13-14,25-26H,9-12H2. The third-order valence-corrected chi connectivity index (χ3v) is 5.10. The van der Waals surface area contributed by atoms with Crippen molar-refractivity contribution < 1.29 is 24.1 Å². The number of rotatable bonds is 6. The highest BCUT2D eigenvalue weighted by Gasteiger charge is 2.14. The van der Waals surface area contributed by atoms with Crippen molar-refractivity contribution in [3.63, 3.8) is 0 Å². The first-order valence-electron chi connectivity index (χ1n) is 9.57. The van der Waals surface area contributed by atoms with Gasteiger partial charge in [-0.1, -0.05) is 24.3 Å². The number of aliphatic hydroxyl groups is 2. The Hall–Kier alpha value is -3.28. The first-order valence-corrected chi connectivity index (χ1v) is 9.57. The molecule has 29 heavy (non-hydrogen) atoms. The summed E-state index contributed by atoms with van der Waals surface area (Å²) in [4.78, 5) is 0. The van der Waals surface area contributed by atoms with E-state index in [0.29, 0.717) is 11.5 Å². The second kappa shape index (κ2) is 7.28. The van der Waals surface area contributed by atoms with Crippen molar-refractivity contribution in [3.05, 3.63) is 60.7 Å². The second-order valence-corrected chi connectivity index (χ2v) is 6.89. The molecule has 0 saturated carbocycles. The van der Waals surface area contributed by atoms with E-state index in [9.17, 15) is 0 Å². The van der Waals surface area contributed by atoms with E-state index in [-0.39, 0.29) is 26.4 Å². The van der Waals surface area contributed by atoms with Gasteiger partial charge in [0.05, 0.1) is 13.2 Å². The molecule has 1 aromatic heterocycles. The highest BCUT2D eigenvalue weighted by Crippen LogP contribution is 2.40. The molecule has 5 heteroatoms. The lowest BCUT2D eigenvalue weighted by Crippen LogP contribution is -2.01. The first-order chi connectivity index (χ1) is 14.3. The summed E-state index contributed by atoms with van der Waals surface area (Å²) in [6.07, 6.45) is 0. The van der Waals surface area contributed by atoms with Crippen LogP contribution in [-0.2, 0) is 0 Å². The number of hydrogen-bond acceptors (Lipinski definition) is 5. The summed E-state index contributed by atoms with van der Waals surface area (Å²) in [7, 11) is 0. The first kappa shape index (κ1) is 17.8. The van der Waals surface area contributed by atoms with Crippen molar-refractivity contribution in [2.45, 2.75) is 0 Å². The van der Waals surface area contributed by atoms with Gasteiger partial charge in [-0.2, -0.15) is 0 Å². The third kappa shape index (κ3) is 3.05. The molecule has 0 bridgehead atoms. The topological polar surface area (TPSA) is 72.1 Å². The molecule has 146 valence electrons. The summed E-state index contributed by atoms with van der Waals surface area (Å²) >= 11 is 0. The fraction of sp³-hybridized carbons (Fsp3) is 0.167. The normalized spacial score (nSPS) is 11.7. The van der Waals surface area contributed by atoms with Crippen LogP contribution in [0.15, 0.2) is 65.1 Å². The summed E-state index contributed by atoms with van der Waals surface area (Å²) in [6.45, 7) is 0.445. The predicted molar refractivity (Wildman–Crippen MR) is 114 cm³/mol. The zero-order chi connectivity index (χ0) is 19.8. The van der Waals surface area contributed by atoms with Crippen LogP contribution in [0, 0.1) is 0 Å². The average Bonchev–Trinajstić information content (AvgIpc) is 3.15. The van der Waals surface area contributed by atoms with Crippen LogP contribution >= 0.6 is 0 Å². The number of aliphatic hydroxyl groups excluding tert-OH is 2. The van der Waals surface area contributed by atoms with Crippen LogP contribution < -0.4 is 9.47 Å². The van der Waals surface area contributed by atoms with Crippen LogP contribution in [0.4, 0.5) is 0 Å². The zero-order valence-corrected chi connectivity index (χ0v) is 15.7. The number of fused-ring (bicyclic) bond motifs is 7. The molecule has 4 aromatic carbocycles. The molecule has 5 rings (SSSR count). The molecule has 0 atom stereocenters. The lowest BCUT2D eigenvalue weighted by atomic mass is 9.99. The second-order valence-electron chi connectivity index (χ2n) is 6.89. The maximum absolute atomic E-state index is 9.06. The van der Waals surface area contributed by atoms with E-state index in [2.05, 4.69) is 0 Å². The van der Waals surface area contributed by atoms with Crippen molar-refractivity contribution in [1.82, 2.24) is 0 Å². The van der Waals surface area contributed by atoms with Crippen LogP contribution in [0.2, 0.25) is 0 Å². The van der Waals surface area contributed by atoms with Crippen molar-refractivity contribution in [2.24, 2.45) is 0 Å². The average molecular weight is 388 g/mol. The van der Waals surface area contributed by atoms with Crippen molar-refractivity contribution in [3.8, 4) is 11.5 Å². The lowest BCUT2D eigenvalue weighted by Gasteiger charge is -2.08. The molecule has 5 aromatic rings. The Kier molecular flexibility index (Phi) is 4.46. The molecule has 0 amide bonds. The maximum atomic E-state index is 9.06. The van der Waals surface area contributed by atoms with E-state index in [1.165, 1.54) is 0 Å². The Balaban J connectivity index is 1.83. The van der Waals surface area contributed by atoms with E-state index in [4.69, 9.17) is 24.1 Å². The quantitative estimate of drug-likeness (QED) is 0.444. The van der Waals surface area contributed by atoms with Gasteiger partial charge in [-0.3, -0.25) is 0 Å². The predicted octanol–water partition coefficient (Wildman–Crippen LogP) is 4.63. The van der Waals surface area contributed by atoms with Gasteiger partial charge >= 0.3 is 0 Å². The molecular weight excluding hydrogens is 368 g/mol. The van der Waals surface area contributed by atoms with Crippen molar-refractivity contribution in [2.75, 3.05) is 26.4 Å². The van der Waals surface area contributed by atoms with Crippen LogP contribution in [0.1, 0.15) is 0 Å².